The minimum atomic E-state index is -3.22. The molecule has 0 radical (unpaired) electrons. The van der Waals surface area contributed by atoms with E-state index in [9.17, 15) is 13.2 Å². The van der Waals surface area contributed by atoms with Crippen molar-refractivity contribution in [2.75, 3.05) is 11.1 Å². The second kappa shape index (κ2) is 4.78. The van der Waals surface area contributed by atoms with Crippen molar-refractivity contribution in [3.63, 3.8) is 0 Å². The van der Waals surface area contributed by atoms with Gasteiger partial charge in [0.1, 0.15) is 11.4 Å². The smallest absolute Gasteiger partial charge is 0.317 e. The van der Waals surface area contributed by atoms with E-state index in [4.69, 9.17) is 4.74 Å². The number of ether oxygens (including phenoxy) is 1. The number of carbonyl (C=O) groups is 1. The third-order valence-corrected chi connectivity index (χ3v) is 4.91. The van der Waals surface area contributed by atoms with E-state index in [1.165, 1.54) is 0 Å². The maximum absolute atomic E-state index is 11.8. The molecular weight excluding hydrogens is 308 g/mol. The highest BCUT2D eigenvalue weighted by atomic mass is 79.9. The lowest BCUT2D eigenvalue weighted by atomic mass is 10.1. The fourth-order valence-electron chi connectivity index (χ4n) is 1.87. The van der Waals surface area contributed by atoms with Crippen LogP contribution in [0.25, 0.3) is 0 Å². The van der Waals surface area contributed by atoms with Gasteiger partial charge in [-0.05, 0) is 6.07 Å². The normalized spacial score (nSPS) is 21.6. The molecule has 4 nitrogen and oxygen atoms in total. The van der Waals surface area contributed by atoms with Crippen molar-refractivity contribution in [1.29, 1.82) is 0 Å². The summed E-state index contributed by atoms with van der Waals surface area (Å²) in [5.41, 5.74) is 0.577. The van der Waals surface area contributed by atoms with Crippen LogP contribution in [0.15, 0.2) is 29.2 Å². The minimum Gasteiger partial charge on any atom is -0.457 e. The Kier molecular flexibility index (Phi) is 3.53. The largest absolute Gasteiger partial charge is 0.457 e. The summed E-state index contributed by atoms with van der Waals surface area (Å²) in [5.74, 6) is -0.367. The first-order valence-electron chi connectivity index (χ1n) is 5.12. The molecule has 2 rings (SSSR count). The zero-order chi connectivity index (χ0) is 12.5. The number of carbonyl (C=O) groups excluding carboxylic acids is 1. The third-order valence-electron chi connectivity index (χ3n) is 2.63. The second-order valence-corrected chi connectivity index (χ2v) is 6.40. The van der Waals surface area contributed by atoms with E-state index in [0.29, 0.717) is 12.0 Å². The summed E-state index contributed by atoms with van der Waals surface area (Å²) in [6, 6.07) is 6.66. The number of benzene rings is 1. The number of esters is 1. The molecule has 1 aromatic rings. The van der Waals surface area contributed by atoms with Crippen LogP contribution in [0.5, 0.6) is 0 Å². The average molecular weight is 319 g/mol. The quantitative estimate of drug-likeness (QED) is 0.616. The highest BCUT2D eigenvalue weighted by molar-refractivity contribution is 9.09. The van der Waals surface area contributed by atoms with Gasteiger partial charge in [0, 0.05) is 12.0 Å². The van der Waals surface area contributed by atoms with Crippen molar-refractivity contribution >= 4 is 31.7 Å². The van der Waals surface area contributed by atoms with Gasteiger partial charge in [-0.1, -0.05) is 34.1 Å². The van der Waals surface area contributed by atoms with Crippen molar-refractivity contribution < 1.29 is 17.9 Å². The number of halogens is 1. The Labute approximate surface area is 108 Å². The lowest BCUT2D eigenvalue weighted by Gasteiger charge is -2.24. The second-order valence-electron chi connectivity index (χ2n) is 3.76. The summed E-state index contributed by atoms with van der Waals surface area (Å²) in [5, 5.41) is 0.110. The Balaban J connectivity index is 2.38. The summed E-state index contributed by atoms with van der Waals surface area (Å²) in [4.78, 5) is 11.5. The van der Waals surface area contributed by atoms with Crippen molar-refractivity contribution in [1.82, 2.24) is 0 Å². The number of alkyl halides is 1. The van der Waals surface area contributed by atoms with Gasteiger partial charge in [-0.3, -0.25) is 4.79 Å². The van der Waals surface area contributed by atoms with E-state index in [2.05, 4.69) is 15.9 Å². The summed E-state index contributed by atoms with van der Waals surface area (Å²) < 4.78 is 28.9. The van der Waals surface area contributed by atoms with Crippen LogP contribution in [0.4, 0.5) is 0 Å². The van der Waals surface area contributed by atoms with Gasteiger partial charge in [0.25, 0.3) is 0 Å². The lowest BCUT2D eigenvalue weighted by molar-refractivity contribution is -0.146. The van der Waals surface area contributed by atoms with Crippen molar-refractivity contribution in [3.8, 4) is 0 Å². The topological polar surface area (TPSA) is 60.4 Å². The highest BCUT2D eigenvalue weighted by Crippen LogP contribution is 2.34. The summed E-state index contributed by atoms with van der Waals surface area (Å²) >= 11 is 3.01. The predicted octanol–water partition coefficient (Wildman–Crippen LogP) is 1.84. The van der Waals surface area contributed by atoms with Gasteiger partial charge in [0.15, 0.2) is 9.84 Å². The first kappa shape index (κ1) is 12.6. The van der Waals surface area contributed by atoms with Gasteiger partial charge >= 0.3 is 5.97 Å². The summed E-state index contributed by atoms with van der Waals surface area (Å²) in [6.07, 6.45) is -0.141. The van der Waals surface area contributed by atoms with Gasteiger partial charge in [-0.25, -0.2) is 8.42 Å². The zero-order valence-electron chi connectivity index (χ0n) is 8.93. The number of hydrogen-bond donors (Lipinski definition) is 0. The molecule has 0 saturated heterocycles. The molecule has 0 N–H and O–H groups in total. The molecule has 0 saturated carbocycles. The van der Waals surface area contributed by atoms with Crippen LogP contribution in [-0.4, -0.2) is 25.5 Å². The first-order valence-corrected chi connectivity index (χ1v) is 7.89. The molecule has 0 amide bonds. The van der Waals surface area contributed by atoms with Crippen molar-refractivity contribution in [2.24, 2.45) is 0 Å². The lowest BCUT2D eigenvalue weighted by Crippen LogP contribution is -2.23. The number of rotatable bonds is 2. The Morgan fingerprint density at radius 3 is 2.82 bits per heavy atom. The molecule has 92 valence electrons. The predicted molar refractivity (Wildman–Crippen MR) is 65.7 cm³/mol. The average Bonchev–Trinajstić information content (AvgIpc) is 2.33. The van der Waals surface area contributed by atoms with E-state index < -0.39 is 15.9 Å². The molecule has 1 aliphatic heterocycles. The van der Waals surface area contributed by atoms with Crippen LogP contribution < -0.4 is 0 Å². The maximum Gasteiger partial charge on any atom is 0.317 e. The summed E-state index contributed by atoms with van der Waals surface area (Å²) in [6.45, 7) is 0. The fraction of sp³-hybridized carbons (Fsp3) is 0.364. The third kappa shape index (κ3) is 2.52. The van der Waals surface area contributed by atoms with Crippen LogP contribution in [0, 0.1) is 0 Å². The van der Waals surface area contributed by atoms with E-state index in [-0.39, 0.29) is 21.9 Å². The monoisotopic (exact) mass is 318 g/mol. The Morgan fingerprint density at radius 1 is 1.41 bits per heavy atom. The molecule has 0 spiro atoms. The van der Waals surface area contributed by atoms with Gasteiger partial charge in [-0.15, -0.1) is 0 Å². The standard InChI is InChI=1S/C11H11BrO4S/c12-7-11(13)16-9-5-6-17(14,15)10-4-2-1-3-8(9)10/h1-4,9H,5-7H2. The van der Waals surface area contributed by atoms with Crippen LogP contribution in [-0.2, 0) is 19.4 Å². The molecule has 1 heterocycles. The Hall–Kier alpha value is -0.880. The SMILES string of the molecule is O=C(CBr)OC1CCS(=O)(=O)c2ccccc21. The minimum absolute atomic E-state index is 0.0181. The van der Waals surface area contributed by atoms with Crippen LogP contribution in [0.1, 0.15) is 18.1 Å². The van der Waals surface area contributed by atoms with Gasteiger partial charge in [0.05, 0.1) is 10.6 Å². The van der Waals surface area contributed by atoms with Crippen molar-refractivity contribution in [3.05, 3.63) is 29.8 Å². The van der Waals surface area contributed by atoms with Crippen molar-refractivity contribution in [2.45, 2.75) is 17.4 Å². The molecule has 0 fully saturated rings. The fourth-order valence-corrected chi connectivity index (χ4v) is 3.59. The molecule has 1 atom stereocenters. The van der Waals surface area contributed by atoms with E-state index in [1.54, 1.807) is 24.3 Å². The molecule has 1 unspecified atom stereocenters. The van der Waals surface area contributed by atoms with E-state index in [0.717, 1.165) is 0 Å². The number of sulfone groups is 1. The Morgan fingerprint density at radius 2 is 2.12 bits per heavy atom. The molecule has 1 aliphatic rings. The van der Waals surface area contributed by atoms with Gasteiger partial charge in [-0.2, -0.15) is 0 Å². The first-order chi connectivity index (χ1) is 8.04. The molecule has 6 heteroatoms. The van der Waals surface area contributed by atoms with E-state index in [1.807, 2.05) is 0 Å². The molecule has 17 heavy (non-hydrogen) atoms. The van der Waals surface area contributed by atoms with Gasteiger partial charge in [0.2, 0.25) is 0 Å². The number of fused-ring (bicyclic) bond motifs is 1. The number of hydrogen-bond acceptors (Lipinski definition) is 4. The molecule has 0 bridgehead atoms. The maximum atomic E-state index is 11.8. The summed E-state index contributed by atoms with van der Waals surface area (Å²) in [7, 11) is -3.22. The zero-order valence-corrected chi connectivity index (χ0v) is 11.3. The molecule has 0 aromatic heterocycles. The molecule has 1 aromatic carbocycles. The molecule has 0 aliphatic carbocycles. The van der Waals surface area contributed by atoms with Crippen LogP contribution >= 0.6 is 15.9 Å². The van der Waals surface area contributed by atoms with Gasteiger partial charge < -0.3 is 4.74 Å². The van der Waals surface area contributed by atoms with Crippen LogP contribution in [0.2, 0.25) is 0 Å². The highest BCUT2D eigenvalue weighted by Gasteiger charge is 2.31. The van der Waals surface area contributed by atoms with Crippen LogP contribution in [0.3, 0.4) is 0 Å². The van der Waals surface area contributed by atoms with E-state index >= 15 is 0 Å². The molecular formula is C11H11BrO4S. The Bertz CT molecular complexity index is 538.